The van der Waals surface area contributed by atoms with Gasteiger partial charge in [-0.3, -0.25) is 9.59 Å². The number of rotatable bonds is 40. The molecule has 0 saturated heterocycles. The fourth-order valence-corrected chi connectivity index (χ4v) is 7.89. The summed E-state index contributed by atoms with van der Waals surface area (Å²) < 4.78 is 22.7. The predicted octanol–water partition coefficient (Wildman–Crippen LogP) is 11.1. The Hall–Kier alpha value is -2.19. The average molecular weight is 1030 g/mol. The smallest absolute Gasteiger partial charge is 0.550 e. The number of carbonyl (C=O) groups excluding carboxylic acids is 4. The Balaban J connectivity index is 0.00000124. The molecule has 4 unspecified atom stereocenters. The number of carbonyl (C=O) groups is 4. The largest absolute Gasteiger partial charge is 2.00 e. The summed E-state index contributed by atoms with van der Waals surface area (Å²) in [6.45, 7) is 8.05. The molecule has 10 nitrogen and oxygen atoms in total. The summed E-state index contributed by atoms with van der Waals surface area (Å²) in [6, 6.07) is 19.4. The first kappa shape index (κ1) is 62.8. The van der Waals surface area contributed by atoms with Crippen LogP contribution < -0.4 is 10.2 Å². The van der Waals surface area contributed by atoms with Gasteiger partial charge in [0.15, 0.2) is 0 Å². The summed E-state index contributed by atoms with van der Waals surface area (Å²) in [7, 11) is 0. The van der Waals surface area contributed by atoms with Gasteiger partial charge >= 0.3 is 60.8 Å². The summed E-state index contributed by atoms with van der Waals surface area (Å²) >= 11 is 0. The Morgan fingerprint density at radius 3 is 0.969 bits per heavy atom. The van der Waals surface area contributed by atoms with Crippen molar-refractivity contribution in [2.45, 2.75) is 245 Å². The molecule has 364 valence electrons. The zero-order chi connectivity index (χ0) is 46.9. The van der Waals surface area contributed by atoms with Crippen LogP contribution in [0.3, 0.4) is 0 Å². The Labute approximate surface area is 434 Å². The first-order valence-corrected chi connectivity index (χ1v) is 25.1. The van der Waals surface area contributed by atoms with Gasteiger partial charge in [0.2, 0.25) is 0 Å². The van der Waals surface area contributed by atoms with Crippen LogP contribution in [0.15, 0.2) is 60.7 Å². The maximum absolute atomic E-state index is 11.5. The molecule has 0 radical (unpaired) electrons. The Bertz CT molecular complexity index is 1320. The molecule has 2 rings (SSSR count). The molecule has 0 fully saturated rings. The van der Waals surface area contributed by atoms with E-state index in [9.17, 15) is 29.4 Å². The van der Waals surface area contributed by atoms with Crippen molar-refractivity contribution in [2.75, 3.05) is 0 Å². The summed E-state index contributed by atoms with van der Waals surface area (Å²) in [5.74, 6) is -2.82. The van der Waals surface area contributed by atoms with E-state index in [1.54, 1.807) is 0 Å². The second kappa shape index (κ2) is 44.3. The molecule has 0 heterocycles. The number of unbranched alkanes of at least 4 members (excludes halogenated alkanes) is 18. The molecule has 0 aromatic heterocycles. The number of ether oxygens (including phenoxy) is 4. The molecule has 2 aromatic carbocycles. The number of esters is 2. The summed E-state index contributed by atoms with van der Waals surface area (Å²) in [4.78, 5) is 45.3. The van der Waals surface area contributed by atoms with Crippen LogP contribution in [0.25, 0.3) is 0 Å². The van der Waals surface area contributed by atoms with Crippen LogP contribution in [-0.2, 0) is 51.3 Å². The molecule has 4 atom stereocenters. The first-order chi connectivity index (χ1) is 31.0. The molecule has 0 aliphatic carbocycles. The van der Waals surface area contributed by atoms with Crippen molar-refractivity contribution >= 4 is 72.8 Å². The molecule has 0 saturated carbocycles. The van der Waals surface area contributed by atoms with Gasteiger partial charge in [0.1, 0.15) is 12.2 Å². The van der Waals surface area contributed by atoms with E-state index in [0.717, 1.165) is 49.7 Å². The van der Waals surface area contributed by atoms with E-state index in [0.29, 0.717) is 38.9 Å². The quantitative estimate of drug-likeness (QED) is 0.0358. The molecule has 0 spiro atoms. The van der Waals surface area contributed by atoms with E-state index in [4.69, 9.17) is 18.9 Å². The van der Waals surface area contributed by atoms with Crippen molar-refractivity contribution < 1.29 is 48.3 Å². The van der Waals surface area contributed by atoms with Gasteiger partial charge in [-0.2, -0.15) is 0 Å². The first-order valence-electron chi connectivity index (χ1n) is 25.1. The predicted molar refractivity (Wildman–Crippen MR) is 258 cm³/mol. The van der Waals surface area contributed by atoms with Gasteiger partial charge in [0.25, 0.3) is 0 Å². The van der Waals surface area contributed by atoms with Crippen LogP contribution in [0.1, 0.15) is 219 Å². The fraction of sp³-hybridized carbons (Fsp3) is 0.704. The maximum Gasteiger partial charge on any atom is 2.00 e. The molecule has 0 bridgehead atoms. The molecule has 0 amide bonds. The van der Waals surface area contributed by atoms with Crippen LogP contribution in [-0.4, -0.2) is 97.2 Å². The summed E-state index contributed by atoms with van der Waals surface area (Å²) in [6.07, 6.45) is 27.5. The van der Waals surface area contributed by atoms with Crippen molar-refractivity contribution in [3.8, 4) is 0 Å². The van der Waals surface area contributed by atoms with Crippen molar-refractivity contribution in [1.82, 2.24) is 0 Å². The van der Waals surface area contributed by atoms with E-state index in [-0.39, 0.29) is 85.9 Å². The molecule has 0 N–H and O–H groups in total. The van der Waals surface area contributed by atoms with E-state index < -0.39 is 24.1 Å². The molecule has 0 aliphatic rings. The minimum atomic E-state index is -1.12. The van der Waals surface area contributed by atoms with E-state index >= 15 is 0 Å². The number of carboxylic acids is 2. The summed E-state index contributed by atoms with van der Waals surface area (Å²) in [5.41, 5.74) is 2.00. The van der Waals surface area contributed by atoms with Gasteiger partial charge in [0, 0.05) is 38.6 Å². The minimum absolute atomic E-state index is 0. The van der Waals surface area contributed by atoms with Crippen LogP contribution in [0, 0.1) is 0 Å². The number of hydrogen-bond acceptors (Lipinski definition) is 10. The standard InChI is InChI=1S/2C27H44O5.Ba/c2*1-3-4-5-6-7-8-9-10-11-15-18-25(32-23(2)28)19-20-26(21-27(29)30)31-22-24-16-13-12-14-17-24;/h2*12-14,16-17,25-26H,3-11,15,18-22H2,1-2H3,(H,29,30);/q;;+2/p-2. The topological polar surface area (TPSA) is 151 Å². The average Bonchev–Trinajstić information content (AvgIpc) is 3.26. The van der Waals surface area contributed by atoms with Crippen molar-refractivity contribution in [2.24, 2.45) is 0 Å². The Morgan fingerprint density at radius 1 is 0.415 bits per heavy atom. The third-order valence-corrected chi connectivity index (χ3v) is 11.5. The Kier molecular flexibility index (Phi) is 42.8. The molecule has 65 heavy (non-hydrogen) atoms. The fourth-order valence-electron chi connectivity index (χ4n) is 7.89. The van der Waals surface area contributed by atoms with Crippen LogP contribution in [0.4, 0.5) is 0 Å². The number of carboxylic acid groups (broad SMARTS) is 2. The van der Waals surface area contributed by atoms with Gasteiger partial charge in [-0.15, -0.1) is 0 Å². The van der Waals surface area contributed by atoms with Gasteiger partial charge in [-0.25, -0.2) is 0 Å². The summed E-state index contributed by atoms with van der Waals surface area (Å²) in [5, 5.41) is 22.3. The second-order valence-corrected chi connectivity index (χ2v) is 17.5. The van der Waals surface area contributed by atoms with Crippen molar-refractivity contribution in [3.63, 3.8) is 0 Å². The molecule has 11 heteroatoms. The third-order valence-electron chi connectivity index (χ3n) is 11.5. The Morgan fingerprint density at radius 2 is 0.692 bits per heavy atom. The van der Waals surface area contributed by atoms with Crippen LogP contribution in [0.2, 0.25) is 0 Å². The zero-order valence-electron chi connectivity index (χ0n) is 41.1. The van der Waals surface area contributed by atoms with Crippen molar-refractivity contribution in [3.05, 3.63) is 71.8 Å². The molecule has 0 aliphatic heterocycles. The van der Waals surface area contributed by atoms with Crippen LogP contribution in [0.5, 0.6) is 0 Å². The normalized spacial score (nSPS) is 12.7. The van der Waals surface area contributed by atoms with E-state index in [1.807, 2.05) is 60.7 Å². The van der Waals surface area contributed by atoms with Gasteiger partial charge < -0.3 is 38.7 Å². The van der Waals surface area contributed by atoms with Gasteiger partial charge in [0.05, 0.1) is 25.4 Å². The zero-order valence-corrected chi connectivity index (χ0v) is 45.5. The minimum Gasteiger partial charge on any atom is -0.550 e. The monoisotopic (exact) mass is 1030 g/mol. The number of benzene rings is 2. The SMILES string of the molecule is CCCCCCCCCCCCC(CCC(CC(=O)[O-])OCc1ccccc1)OC(C)=O.CCCCCCCCCCCCC(CCC(CC(=O)[O-])OCc1ccccc1)OC(C)=O.[Ba+2]. The molecule has 2 aromatic rings. The van der Waals surface area contributed by atoms with Gasteiger partial charge in [-0.1, -0.05) is 190 Å². The van der Waals surface area contributed by atoms with Crippen LogP contribution >= 0.6 is 0 Å². The van der Waals surface area contributed by atoms with Gasteiger partial charge in [-0.05, 0) is 62.5 Å². The van der Waals surface area contributed by atoms with E-state index in [1.165, 1.54) is 117 Å². The maximum atomic E-state index is 11.5. The number of hydrogen-bond donors (Lipinski definition) is 0. The number of aliphatic carboxylic acids is 2. The second-order valence-electron chi connectivity index (χ2n) is 17.5. The third kappa shape index (κ3) is 40.6. The van der Waals surface area contributed by atoms with Crippen molar-refractivity contribution in [1.29, 1.82) is 0 Å². The molecular weight excluding hydrogens is 946 g/mol. The molecular formula is C54H86BaO10. The van der Waals surface area contributed by atoms with E-state index in [2.05, 4.69) is 13.8 Å².